The fraction of sp³-hybridized carbons (Fsp3) is 0.520. The fourth-order valence-electron chi connectivity index (χ4n) is 4.36. The minimum atomic E-state index is -0.684. The number of rotatable bonds is 11. The maximum absolute atomic E-state index is 16.2. The molecule has 3 rings (SSSR count). The molecule has 0 saturated heterocycles. The molecule has 2 aliphatic rings. The summed E-state index contributed by atoms with van der Waals surface area (Å²) >= 11 is 6.06. The lowest BCUT2D eigenvalue weighted by Crippen LogP contribution is -2.48. The van der Waals surface area contributed by atoms with E-state index in [1.165, 1.54) is 0 Å². The van der Waals surface area contributed by atoms with Crippen molar-refractivity contribution in [3.63, 3.8) is 0 Å². The predicted molar refractivity (Wildman–Crippen MR) is 129 cm³/mol. The molecule has 0 radical (unpaired) electrons. The van der Waals surface area contributed by atoms with Gasteiger partial charge in [-0.1, -0.05) is 74.5 Å². The van der Waals surface area contributed by atoms with Crippen LogP contribution < -0.4 is 16.1 Å². The summed E-state index contributed by atoms with van der Waals surface area (Å²) in [6.07, 6.45) is 5.45. The second kappa shape index (κ2) is 9.56. The third-order valence-corrected chi connectivity index (χ3v) is 6.54. The van der Waals surface area contributed by atoms with E-state index in [0.717, 1.165) is 77.6 Å². The van der Waals surface area contributed by atoms with Crippen LogP contribution in [-0.2, 0) is 19.5 Å². The van der Waals surface area contributed by atoms with E-state index < -0.39 is 5.54 Å². The van der Waals surface area contributed by atoms with Gasteiger partial charge in [0, 0.05) is 18.1 Å². The molecule has 2 heterocycles. The summed E-state index contributed by atoms with van der Waals surface area (Å²) < 4.78 is 22.1. The molecule has 1 aromatic carbocycles. The smallest absolute Gasteiger partial charge is 0.165 e. The molecule has 0 N–H and O–H groups in total. The number of benzene rings is 1. The first-order valence-electron chi connectivity index (χ1n) is 11.5. The van der Waals surface area contributed by atoms with Gasteiger partial charge < -0.3 is 9.13 Å². The highest BCUT2D eigenvalue weighted by atomic mass is 35.5. The molecule has 4 nitrogen and oxygen atoms in total. The van der Waals surface area contributed by atoms with E-state index in [-0.39, 0.29) is 0 Å². The Kier molecular flexibility index (Phi) is 7.25. The highest BCUT2D eigenvalue weighted by Crippen LogP contribution is 2.29. The lowest BCUT2D eigenvalue weighted by molar-refractivity contribution is 0.179. The second-order valence-electron chi connectivity index (χ2n) is 8.76. The van der Waals surface area contributed by atoms with Gasteiger partial charge in [0.2, 0.25) is 0 Å². The van der Waals surface area contributed by atoms with Crippen molar-refractivity contribution < 1.29 is 4.48 Å². The van der Waals surface area contributed by atoms with E-state index in [1.807, 2.05) is 31.2 Å². The maximum atomic E-state index is 16.2. The quantitative estimate of drug-likeness (QED) is 0.373. The molecule has 0 amide bonds. The van der Waals surface area contributed by atoms with Crippen molar-refractivity contribution in [2.75, 3.05) is 5.23 Å². The standard InChI is InChI=1S/C25H36ClFN4/c1-7-10-16-25(6,18-21-12-14-22(26)15-13-21)31(27)30-23-19(4)29(17-11-8-2)20(5)28(9-3)24(23)30/h12-15H,4-5,7-11,16-18H2,1-3,6H3. The highest BCUT2D eigenvalue weighted by molar-refractivity contribution is 6.30. The molecule has 170 valence electrons. The van der Waals surface area contributed by atoms with E-state index in [2.05, 4.69) is 43.1 Å². The van der Waals surface area contributed by atoms with Crippen LogP contribution in [0.2, 0.25) is 5.02 Å². The Morgan fingerprint density at radius 1 is 1.03 bits per heavy atom. The van der Waals surface area contributed by atoms with Crippen molar-refractivity contribution >= 4 is 24.8 Å². The summed E-state index contributed by atoms with van der Waals surface area (Å²) in [5.41, 5.74) is 2.14. The third kappa shape index (κ3) is 4.57. The Balaban J connectivity index is 2.05. The van der Waals surface area contributed by atoms with Crippen LogP contribution in [0.1, 0.15) is 65.4 Å². The first-order valence-corrected chi connectivity index (χ1v) is 11.8. The molecule has 0 aromatic heterocycles. The Bertz CT molecular complexity index is 1160. The number of nitrogens with zero attached hydrogens (tertiary/aromatic N) is 4. The molecule has 0 fully saturated rings. The van der Waals surface area contributed by atoms with Crippen LogP contribution in [-0.4, -0.2) is 19.3 Å². The zero-order chi connectivity index (χ0) is 22.8. The van der Waals surface area contributed by atoms with Crippen LogP contribution in [0.15, 0.2) is 24.3 Å². The van der Waals surface area contributed by atoms with Gasteiger partial charge in [0.15, 0.2) is 5.48 Å². The zero-order valence-corrected chi connectivity index (χ0v) is 20.2. The van der Waals surface area contributed by atoms with E-state index in [4.69, 9.17) is 11.6 Å². The molecule has 31 heavy (non-hydrogen) atoms. The predicted octanol–water partition coefficient (Wildman–Crippen LogP) is 5.12. The van der Waals surface area contributed by atoms with Crippen molar-refractivity contribution in [1.82, 2.24) is 13.8 Å². The Morgan fingerprint density at radius 3 is 2.26 bits per heavy atom. The topological polar surface area (TPSA) is 18.0 Å². The van der Waals surface area contributed by atoms with Gasteiger partial charge in [-0.05, 0) is 50.8 Å². The summed E-state index contributed by atoms with van der Waals surface area (Å²) in [7, 11) is 0. The molecular formula is C25H36ClFN4. The lowest BCUT2D eigenvalue weighted by atomic mass is 9.88. The molecule has 6 heteroatoms. The van der Waals surface area contributed by atoms with Gasteiger partial charge in [0.25, 0.3) is 0 Å². The Labute approximate surface area is 189 Å². The van der Waals surface area contributed by atoms with Crippen LogP contribution >= 0.6 is 11.6 Å². The van der Waals surface area contributed by atoms with Crippen molar-refractivity contribution in [3.8, 4) is 0 Å². The van der Waals surface area contributed by atoms with E-state index >= 15 is 4.48 Å². The fourth-order valence-corrected chi connectivity index (χ4v) is 4.49. The van der Waals surface area contributed by atoms with Crippen molar-refractivity contribution in [1.29, 1.82) is 0 Å². The monoisotopic (exact) mass is 446 g/mol. The number of hydrogen-bond donors (Lipinski definition) is 0. The van der Waals surface area contributed by atoms with Crippen LogP contribution in [0.3, 0.4) is 0 Å². The Morgan fingerprint density at radius 2 is 1.68 bits per heavy atom. The van der Waals surface area contributed by atoms with Crippen molar-refractivity contribution in [2.45, 2.75) is 84.8 Å². The second-order valence-corrected chi connectivity index (χ2v) is 9.20. The van der Waals surface area contributed by atoms with Gasteiger partial charge in [-0.2, -0.15) is 0 Å². The molecule has 1 aromatic rings. The molecule has 0 spiro atoms. The van der Waals surface area contributed by atoms with E-state index in [1.54, 1.807) is 4.68 Å². The molecule has 2 aliphatic heterocycles. The number of aromatic nitrogens is 3. The maximum Gasteiger partial charge on any atom is 0.165 e. The summed E-state index contributed by atoms with van der Waals surface area (Å²) in [6, 6.07) is 7.72. The van der Waals surface area contributed by atoms with Gasteiger partial charge in [-0.15, -0.1) is 5.23 Å². The van der Waals surface area contributed by atoms with Crippen molar-refractivity contribution in [2.24, 2.45) is 0 Å². The van der Waals surface area contributed by atoms with Gasteiger partial charge in [-0.3, -0.25) is 0 Å². The van der Waals surface area contributed by atoms with E-state index in [0.29, 0.717) is 11.4 Å². The van der Waals surface area contributed by atoms with Crippen LogP contribution in [0, 0.1) is 10.8 Å². The normalized spacial score (nSPS) is 13.7. The Hall–Kier alpha value is -2.14. The van der Waals surface area contributed by atoms with Crippen LogP contribution in [0.4, 0.5) is 4.48 Å². The number of unbranched alkanes of at least 4 members (excludes halogenated alkanes) is 2. The summed E-state index contributed by atoms with van der Waals surface area (Å²) in [6.45, 7) is 18.5. The molecule has 1 atom stereocenters. The van der Waals surface area contributed by atoms with Crippen molar-refractivity contribution in [3.05, 3.63) is 56.5 Å². The average molecular weight is 447 g/mol. The molecular weight excluding hydrogens is 411 g/mol. The number of hydrogen-bond acceptors (Lipinski definition) is 1. The summed E-state index contributed by atoms with van der Waals surface area (Å²) in [5.74, 6) is 0. The summed E-state index contributed by atoms with van der Waals surface area (Å²) in [4.78, 5) is 0. The largest absolute Gasteiger partial charge is 0.327 e. The molecule has 0 saturated carbocycles. The van der Waals surface area contributed by atoms with Gasteiger partial charge in [-0.25, -0.2) is 4.68 Å². The first-order chi connectivity index (χ1) is 14.8. The van der Waals surface area contributed by atoms with E-state index in [9.17, 15) is 0 Å². The molecule has 0 aliphatic carbocycles. The average Bonchev–Trinajstić information content (AvgIpc) is 3.49. The third-order valence-electron chi connectivity index (χ3n) is 6.29. The first kappa shape index (κ1) is 23.5. The van der Waals surface area contributed by atoms with Gasteiger partial charge in [0.1, 0.15) is 10.8 Å². The van der Waals surface area contributed by atoms with Gasteiger partial charge in [0.05, 0.1) is 10.9 Å². The highest BCUT2D eigenvalue weighted by Gasteiger charge is 2.37. The minimum Gasteiger partial charge on any atom is -0.327 e. The zero-order valence-electron chi connectivity index (χ0n) is 19.4. The van der Waals surface area contributed by atoms with Crippen LogP contribution in [0.5, 0.6) is 0 Å². The molecule has 1 unspecified atom stereocenters. The summed E-state index contributed by atoms with van der Waals surface area (Å²) in [5, 5.41) is 3.34. The number of halogens is 2. The SMILES string of the molecule is C=c1c2n(N(F)C(C)(CCCC)Cc3ccc(Cl)cc3)c=2n(CC)c(=C)n1CCCC. The minimum absolute atomic E-state index is 0.594. The van der Waals surface area contributed by atoms with Crippen LogP contribution in [0.25, 0.3) is 13.2 Å². The lowest BCUT2D eigenvalue weighted by Gasteiger charge is -2.35. The van der Waals surface area contributed by atoms with Gasteiger partial charge >= 0.3 is 0 Å². The molecule has 0 bridgehead atoms.